The molecule has 0 bridgehead atoms. The topological polar surface area (TPSA) is 57.5 Å². The Morgan fingerprint density at radius 3 is 2.60 bits per heavy atom. The van der Waals surface area contributed by atoms with Crippen molar-refractivity contribution >= 4 is 17.6 Å². The van der Waals surface area contributed by atoms with Crippen molar-refractivity contribution in [3.05, 3.63) is 11.6 Å². The van der Waals surface area contributed by atoms with E-state index in [9.17, 15) is 4.79 Å². The molecule has 0 amide bonds. The van der Waals surface area contributed by atoms with Crippen molar-refractivity contribution in [2.45, 2.75) is 18.9 Å². The van der Waals surface area contributed by atoms with Crippen molar-refractivity contribution in [1.29, 1.82) is 0 Å². The molecule has 0 aromatic heterocycles. The SMILES string of the molecule is CC(=CCC(O)Cl)C(=O)O. The quantitative estimate of drug-likeness (QED) is 0.483. The molecule has 0 fully saturated rings. The molecule has 58 valence electrons. The molecule has 0 aromatic carbocycles. The smallest absolute Gasteiger partial charge is 0.330 e. The van der Waals surface area contributed by atoms with Crippen LogP contribution < -0.4 is 0 Å². The molecule has 2 N–H and O–H groups in total. The number of alkyl halides is 1. The number of hydrogen-bond donors (Lipinski definition) is 2. The number of aliphatic hydroxyl groups excluding tert-OH is 1. The first-order valence-corrected chi connectivity index (χ1v) is 3.20. The molecule has 0 rings (SSSR count). The van der Waals surface area contributed by atoms with Crippen LogP contribution in [0.5, 0.6) is 0 Å². The molecule has 0 saturated heterocycles. The van der Waals surface area contributed by atoms with Crippen molar-refractivity contribution in [1.82, 2.24) is 0 Å². The highest BCUT2D eigenvalue weighted by atomic mass is 35.5. The summed E-state index contributed by atoms with van der Waals surface area (Å²) in [5.41, 5.74) is -0.797. The largest absolute Gasteiger partial charge is 0.478 e. The molecule has 1 unspecified atom stereocenters. The van der Waals surface area contributed by atoms with E-state index >= 15 is 0 Å². The van der Waals surface area contributed by atoms with Crippen LogP contribution in [0.1, 0.15) is 13.3 Å². The zero-order chi connectivity index (χ0) is 8.15. The number of aliphatic hydroxyl groups is 1. The third-order valence-electron chi connectivity index (χ3n) is 0.956. The number of carbonyl (C=O) groups is 1. The Morgan fingerprint density at radius 1 is 1.80 bits per heavy atom. The first-order valence-electron chi connectivity index (χ1n) is 2.76. The average molecular weight is 165 g/mol. The number of halogens is 1. The van der Waals surface area contributed by atoms with Crippen molar-refractivity contribution in [2.75, 3.05) is 0 Å². The minimum Gasteiger partial charge on any atom is -0.478 e. The zero-order valence-corrected chi connectivity index (χ0v) is 6.30. The number of rotatable bonds is 3. The van der Waals surface area contributed by atoms with Crippen molar-refractivity contribution in [3.8, 4) is 0 Å². The van der Waals surface area contributed by atoms with E-state index in [0.717, 1.165) is 0 Å². The average Bonchev–Trinajstić information content (AvgIpc) is 1.82. The molecule has 0 saturated carbocycles. The fraction of sp³-hybridized carbons (Fsp3) is 0.500. The van der Waals surface area contributed by atoms with Crippen LogP contribution in [0, 0.1) is 0 Å². The first kappa shape index (κ1) is 9.46. The lowest BCUT2D eigenvalue weighted by Crippen LogP contribution is -1.98. The van der Waals surface area contributed by atoms with Gasteiger partial charge in [0.05, 0.1) is 0 Å². The van der Waals surface area contributed by atoms with Crippen molar-refractivity contribution in [2.24, 2.45) is 0 Å². The van der Waals surface area contributed by atoms with Crippen LogP contribution in [0.3, 0.4) is 0 Å². The van der Waals surface area contributed by atoms with E-state index in [1.54, 1.807) is 0 Å². The van der Waals surface area contributed by atoms with Crippen LogP contribution in [-0.4, -0.2) is 21.7 Å². The molecule has 0 heterocycles. The van der Waals surface area contributed by atoms with Gasteiger partial charge in [0.15, 0.2) is 0 Å². The second-order valence-electron chi connectivity index (χ2n) is 1.86. The normalized spacial score (nSPS) is 14.9. The van der Waals surface area contributed by atoms with Gasteiger partial charge in [0.1, 0.15) is 5.56 Å². The van der Waals surface area contributed by atoms with E-state index in [4.69, 9.17) is 21.8 Å². The molecule has 0 aliphatic carbocycles. The number of aliphatic carboxylic acids is 1. The second kappa shape index (κ2) is 4.30. The lowest BCUT2D eigenvalue weighted by Gasteiger charge is -1.95. The maximum atomic E-state index is 10.1. The maximum absolute atomic E-state index is 10.1. The molecule has 0 spiro atoms. The van der Waals surface area contributed by atoms with Crippen LogP contribution in [0.15, 0.2) is 11.6 Å². The molecule has 0 aliphatic heterocycles. The molecule has 0 aromatic rings. The Hall–Kier alpha value is -0.540. The molecular formula is C6H9ClO3. The zero-order valence-electron chi connectivity index (χ0n) is 5.54. The lowest BCUT2D eigenvalue weighted by molar-refractivity contribution is -0.132. The Kier molecular flexibility index (Phi) is 4.07. The number of hydrogen-bond acceptors (Lipinski definition) is 2. The predicted octanol–water partition coefficient (Wildman–Crippen LogP) is 0.965. The summed E-state index contributed by atoms with van der Waals surface area (Å²) >= 11 is 5.14. The highest BCUT2D eigenvalue weighted by Crippen LogP contribution is 2.01. The standard InChI is InChI=1S/C6H9ClO3/c1-4(6(9)10)2-3-5(7)8/h2,5,8H,3H2,1H3,(H,9,10). The molecule has 1 atom stereocenters. The van der Waals surface area contributed by atoms with Gasteiger partial charge in [-0.15, -0.1) is 0 Å². The first-order chi connectivity index (χ1) is 4.54. The Morgan fingerprint density at radius 2 is 2.30 bits per heavy atom. The van der Waals surface area contributed by atoms with Crippen LogP contribution in [-0.2, 0) is 4.79 Å². The summed E-state index contributed by atoms with van der Waals surface area (Å²) < 4.78 is 0. The number of carboxylic acid groups (broad SMARTS) is 1. The highest BCUT2D eigenvalue weighted by Gasteiger charge is 2.00. The molecule has 0 radical (unpaired) electrons. The van der Waals surface area contributed by atoms with Crippen LogP contribution in [0.25, 0.3) is 0 Å². The van der Waals surface area contributed by atoms with Gasteiger partial charge in [0.2, 0.25) is 0 Å². The Bertz CT molecular complexity index is 151. The lowest BCUT2D eigenvalue weighted by atomic mass is 10.2. The van der Waals surface area contributed by atoms with Crippen LogP contribution >= 0.6 is 11.6 Å². The number of carboxylic acids is 1. The summed E-state index contributed by atoms with van der Waals surface area (Å²) in [5.74, 6) is -0.989. The van der Waals surface area contributed by atoms with Crippen molar-refractivity contribution in [3.63, 3.8) is 0 Å². The van der Waals surface area contributed by atoms with Crippen molar-refractivity contribution < 1.29 is 15.0 Å². The molecule has 10 heavy (non-hydrogen) atoms. The fourth-order valence-electron chi connectivity index (χ4n) is 0.361. The summed E-state index contributed by atoms with van der Waals surface area (Å²) in [6.45, 7) is 1.45. The minimum absolute atomic E-state index is 0.166. The predicted molar refractivity (Wildman–Crippen MR) is 37.9 cm³/mol. The van der Waals surface area contributed by atoms with Gasteiger partial charge < -0.3 is 10.2 Å². The molecule has 4 heteroatoms. The Labute approximate surface area is 63.9 Å². The molecular weight excluding hydrogens is 156 g/mol. The van der Waals surface area contributed by atoms with Gasteiger partial charge in [-0.25, -0.2) is 4.79 Å². The van der Waals surface area contributed by atoms with E-state index in [1.807, 2.05) is 0 Å². The third-order valence-corrected chi connectivity index (χ3v) is 1.13. The Balaban J connectivity index is 3.81. The van der Waals surface area contributed by atoms with Gasteiger partial charge in [0, 0.05) is 12.0 Å². The van der Waals surface area contributed by atoms with E-state index in [2.05, 4.69) is 0 Å². The van der Waals surface area contributed by atoms with Gasteiger partial charge in [-0.2, -0.15) is 0 Å². The summed E-state index contributed by atoms with van der Waals surface area (Å²) in [6.07, 6.45) is 1.54. The summed E-state index contributed by atoms with van der Waals surface area (Å²) in [7, 11) is 0. The van der Waals surface area contributed by atoms with Gasteiger partial charge in [0.25, 0.3) is 0 Å². The molecule has 0 aliphatic rings. The van der Waals surface area contributed by atoms with Gasteiger partial charge in [-0.1, -0.05) is 17.7 Å². The highest BCUT2D eigenvalue weighted by molar-refractivity contribution is 6.19. The third kappa shape index (κ3) is 4.35. The summed E-state index contributed by atoms with van der Waals surface area (Å²) in [6, 6.07) is 0. The van der Waals surface area contributed by atoms with Crippen LogP contribution in [0.4, 0.5) is 0 Å². The van der Waals surface area contributed by atoms with E-state index < -0.39 is 11.5 Å². The van der Waals surface area contributed by atoms with Gasteiger partial charge in [-0.05, 0) is 6.92 Å². The minimum atomic E-state index is -0.991. The second-order valence-corrected chi connectivity index (χ2v) is 2.37. The monoisotopic (exact) mass is 164 g/mol. The molecule has 3 nitrogen and oxygen atoms in total. The van der Waals surface area contributed by atoms with Gasteiger partial charge >= 0.3 is 5.97 Å². The summed E-state index contributed by atoms with van der Waals surface area (Å²) in [5, 5.41) is 16.8. The van der Waals surface area contributed by atoms with E-state index in [1.165, 1.54) is 13.0 Å². The van der Waals surface area contributed by atoms with Gasteiger partial charge in [-0.3, -0.25) is 0 Å². The fourth-order valence-corrected chi connectivity index (χ4v) is 0.450. The van der Waals surface area contributed by atoms with E-state index in [0.29, 0.717) is 0 Å². The maximum Gasteiger partial charge on any atom is 0.330 e. The summed E-state index contributed by atoms with van der Waals surface area (Å²) in [4.78, 5) is 10.1. The van der Waals surface area contributed by atoms with Crippen LogP contribution in [0.2, 0.25) is 0 Å². The van der Waals surface area contributed by atoms with E-state index in [-0.39, 0.29) is 12.0 Å².